The normalized spacial score (nSPS) is 20.1. The van der Waals surface area contributed by atoms with Crippen LogP contribution in [0.15, 0.2) is 24.5 Å². The minimum atomic E-state index is -0.388. The van der Waals surface area contributed by atoms with E-state index in [1.807, 2.05) is 6.33 Å². The van der Waals surface area contributed by atoms with Crippen LogP contribution in [0, 0.1) is 10.1 Å². The van der Waals surface area contributed by atoms with E-state index in [2.05, 4.69) is 19.7 Å². The number of anilines is 1. The first-order valence-electron chi connectivity index (χ1n) is 10.9. The van der Waals surface area contributed by atoms with Crippen molar-refractivity contribution >= 4 is 17.3 Å². The van der Waals surface area contributed by atoms with Crippen molar-refractivity contribution in [3.05, 3.63) is 46.0 Å². The van der Waals surface area contributed by atoms with Gasteiger partial charge in [-0.15, -0.1) is 10.2 Å². The van der Waals surface area contributed by atoms with Gasteiger partial charge in [0.1, 0.15) is 17.8 Å². The maximum Gasteiger partial charge on any atom is 0.293 e. The van der Waals surface area contributed by atoms with E-state index >= 15 is 0 Å². The number of rotatable bonds is 5. The number of ether oxygens (including phenoxy) is 1. The Labute approximate surface area is 179 Å². The molecular weight excluding hydrogens is 400 g/mol. The Morgan fingerprint density at radius 2 is 1.84 bits per heavy atom. The molecule has 2 aromatic rings. The third kappa shape index (κ3) is 3.99. The average molecular weight is 426 g/mol. The van der Waals surface area contributed by atoms with Crippen molar-refractivity contribution in [1.82, 2.24) is 19.7 Å². The van der Waals surface area contributed by atoms with Gasteiger partial charge in [-0.3, -0.25) is 14.9 Å². The number of amides is 1. The Bertz CT molecular complexity index is 974. The molecule has 3 heterocycles. The number of morpholine rings is 1. The topological polar surface area (TPSA) is 107 Å². The highest BCUT2D eigenvalue weighted by atomic mass is 16.6. The van der Waals surface area contributed by atoms with Gasteiger partial charge in [-0.05, 0) is 37.8 Å². The number of nitro benzene ring substituents is 1. The number of nitro groups is 1. The zero-order chi connectivity index (χ0) is 21.4. The van der Waals surface area contributed by atoms with Crippen molar-refractivity contribution in [2.45, 2.75) is 37.6 Å². The predicted octanol–water partition coefficient (Wildman–Crippen LogP) is 2.38. The zero-order valence-corrected chi connectivity index (χ0v) is 17.4. The summed E-state index contributed by atoms with van der Waals surface area (Å²) in [7, 11) is 0. The molecular formula is C21H26N6O4. The molecule has 10 nitrogen and oxygen atoms in total. The number of hydrogen-bond acceptors (Lipinski definition) is 7. The van der Waals surface area contributed by atoms with Gasteiger partial charge < -0.3 is 19.1 Å². The first kappa shape index (κ1) is 19.9. The second-order valence-electron chi connectivity index (χ2n) is 8.45. The molecule has 0 bridgehead atoms. The molecule has 1 aliphatic carbocycles. The standard InChI is InChI=1S/C21H26N6O4/c28-21(25-9-11-31-12-10-25)16-1-4-18(19(13-16)27(29)30)24-7-5-15(6-8-24)20-23-22-14-26(20)17-2-3-17/h1,4,13-15,17H,2-3,5-12H2. The molecule has 2 saturated heterocycles. The van der Waals surface area contributed by atoms with Crippen molar-refractivity contribution in [3.63, 3.8) is 0 Å². The van der Waals surface area contributed by atoms with E-state index in [9.17, 15) is 14.9 Å². The summed E-state index contributed by atoms with van der Waals surface area (Å²) in [5.74, 6) is 1.18. The van der Waals surface area contributed by atoms with Crippen molar-refractivity contribution in [1.29, 1.82) is 0 Å². The van der Waals surface area contributed by atoms with Crippen LogP contribution >= 0.6 is 0 Å². The summed E-state index contributed by atoms with van der Waals surface area (Å²) in [4.78, 5) is 27.9. The molecule has 164 valence electrons. The third-order valence-corrected chi connectivity index (χ3v) is 6.46. The predicted molar refractivity (Wildman–Crippen MR) is 112 cm³/mol. The van der Waals surface area contributed by atoms with Crippen LogP contribution in [-0.4, -0.2) is 69.9 Å². The molecule has 31 heavy (non-hydrogen) atoms. The lowest BCUT2D eigenvalue weighted by Gasteiger charge is -2.33. The molecule has 1 saturated carbocycles. The second-order valence-corrected chi connectivity index (χ2v) is 8.45. The Balaban J connectivity index is 1.31. The van der Waals surface area contributed by atoms with Gasteiger partial charge in [0.25, 0.3) is 11.6 Å². The van der Waals surface area contributed by atoms with Gasteiger partial charge in [-0.1, -0.05) is 0 Å². The van der Waals surface area contributed by atoms with E-state index in [0.29, 0.717) is 62.6 Å². The number of aromatic nitrogens is 3. The van der Waals surface area contributed by atoms with E-state index in [1.54, 1.807) is 17.0 Å². The van der Waals surface area contributed by atoms with Crippen molar-refractivity contribution in [2.75, 3.05) is 44.3 Å². The van der Waals surface area contributed by atoms with Crippen molar-refractivity contribution < 1.29 is 14.5 Å². The lowest BCUT2D eigenvalue weighted by atomic mass is 9.95. The van der Waals surface area contributed by atoms with Gasteiger partial charge in [0.15, 0.2) is 0 Å². The molecule has 10 heteroatoms. The minimum absolute atomic E-state index is 0.0151. The van der Waals surface area contributed by atoms with Crippen molar-refractivity contribution in [2.24, 2.45) is 0 Å². The molecule has 1 aromatic heterocycles. The van der Waals surface area contributed by atoms with Gasteiger partial charge >= 0.3 is 0 Å². The maximum absolute atomic E-state index is 12.7. The molecule has 5 rings (SSSR count). The van der Waals surface area contributed by atoms with Crippen LogP contribution in [0.3, 0.4) is 0 Å². The first-order chi connectivity index (χ1) is 15.1. The summed E-state index contributed by atoms with van der Waals surface area (Å²) in [6.45, 7) is 3.42. The number of carbonyl (C=O) groups excluding carboxylic acids is 1. The molecule has 2 aliphatic heterocycles. The molecule has 0 radical (unpaired) electrons. The Morgan fingerprint density at radius 1 is 1.10 bits per heavy atom. The number of nitrogens with zero attached hydrogens (tertiary/aromatic N) is 6. The highest BCUT2D eigenvalue weighted by molar-refractivity contribution is 5.96. The highest BCUT2D eigenvalue weighted by Gasteiger charge is 2.32. The van der Waals surface area contributed by atoms with Gasteiger partial charge in [-0.25, -0.2) is 0 Å². The van der Waals surface area contributed by atoms with Gasteiger partial charge in [0.05, 0.1) is 18.1 Å². The number of piperidine rings is 1. The largest absolute Gasteiger partial charge is 0.378 e. The average Bonchev–Trinajstić information content (AvgIpc) is 3.55. The van der Waals surface area contributed by atoms with Crippen LogP contribution in [0.4, 0.5) is 11.4 Å². The van der Waals surface area contributed by atoms with E-state index in [-0.39, 0.29) is 16.5 Å². The molecule has 1 aromatic carbocycles. The van der Waals surface area contributed by atoms with E-state index < -0.39 is 0 Å². The molecule has 0 N–H and O–H groups in total. The molecule has 3 aliphatic rings. The first-order valence-corrected chi connectivity index (χ1v) is 10.9. The molecule has 3 fully saturated rings. The summed E-state index contributed by atoms with van der Waals surface area (Å²) in [5.41, 5.74) is 0.911. The van der Waals surface area contributed by atoms with Crippen LogP contribution in [0.2, 0.25) is 0 Å². The highest BCUT2D eigenvalue weighted by Crippen LogP contribution is 2.39. The summed E-state index contributed by atoms with van der Waals surface area (Å²) in [5, 5.41) is 20.3. The van der Waals surface area contributed by atoms with E-state index in [1.165, 1.54) is 18.9 Å². The maximum atomic E-state index is 12.7. The lowest BCUT2D eigenvalue weighted by molar-refractivity contribution is -0.384. The fourth-order valence-electron chi connectivity index (χ4n) is 4.58. The monoisotopic (exact) mass is 426 g/mol. The smallest absolute Gasteiger partial charge is 0.293 e. The number of benzene rings is 1. The van der Waals surface area contributed by atoms with Crippen molar-refractivity contribution in [3.8, 4) is 0 Å². The van der Waals surface area contributed by atoms with E-state index in [4.69, 9.17) is 4.74 Å². The van der Waals surface area contributed by atoms with Crippen LogP contribution < -0.4 is 4.90 Å². The fourth-order valence-corrected chi connectivity index (χ4v) is 4.58. The molecule has 0 unspecified atom stereocenters. The quantitative estimate of drug-likeness (QED) is 0.534. The minimum Gasteiger partial charge on any atom is -0.378 e. The Hall–Kier alpha value is -3.01. The fraction of sp³-hybridized carbons (Fsp3) is 0.571. The summed E-state index contributed by atoms with van der Waals surface area (Å²) < 4.78 is 7.49. The van der Waals surface area contributed by atoms with Crippen LogP contribution in [0.5, 0.6) is 0 Å². The van der Waals surface area contributed by atoms with Crippen LogP contribution in [0.1, 0.15) is 53.8 Å². The van der Waals surface area contributed by atoms with E-state index in [0.717, 1.165) is 18.7 Å². The summed E-state index contributed by atoms with van der Waals surface area (Å²) in [6, 6.07) is 5.39. The number of carbonyl (C=O) groups is 1. The Kier molecular flexibility index (Phi) is 5.31. The third-order valence-electron chi connectivity index (χ3n) is 6.46. The zero-order valence-electron chi connectivity index (χ0n) is 17.4. The SMILES string of the molecule is O=C(c1ccc(N2CCC(c3nncn3C3CC3)CC2)c([N+](=O)[O-])c1)N1CCOCC1. The van der Waals surface area contributed by atoms with Gasteiger partial charge in [0, 0.05) is 49.8 Å². The summed E-state index contributed by atoms with van der Waals surface area (Å²) >= 11 is 0. The van der Waals surface area contributed by atoms with Crippen LogP contribution in [-0.2, 0) is 4.74 Å². The molecule has 1 amide bonds. The second kappa shape index (κ2) is 8.26. The summed E-state index contributed by atoms with van der Waals surface area (Å²) in [6.07, 6.45) is 5.94. The number of hydrogen-bond donors (Lipinski definition) is 0. The molecule has 0 atom stereocenters. The Morgan fingerprint density at radius 3 is 2.52 bits per heavy atom. The van der Waals surface area contributed by atoms with Crippen LogP contribution in [0.25, 0.3) is 0 Å². The molecule has 0 spiro atoms. The lowest BCUT2D eigenvalue weighted by Crippen LogP contribution is -2.40. The van der Waals surface area contributed by atoms with Gasteiger partial charge in [-0.2, -0.15) is 0 Å². The van der Waals surface area contributed by atoms with Gasteiger partial charge in [0.2, 0.25) is 0 Å².